The molecule has 3 rings (SSSR count). The van der Waals surface area contributed by atoms with Gasteiger partial charge in [0.25, 0.3) is 0 Å². The molecule has 0 saturated carbocycles. The fraction of sp³-hybridized carbons (Fsp3) is 0.200. The van der Waals surface area contributed by atoms with E-state index in [1.54, 1.807) is 30.7 Å². The van der Waals surface area contributed by atoms with E-state index in [1.807, 2.05) is 12.1 Å². The number of hydrogen-bond acceptors (Lipinski definition) is 5. The van der Waals surface area contributed by atoms with Gasteiger partial charge in [0.2, 0.25) is 11.8 Å². The quantitative estimate of drug-likeness (QED) is 0.919. The van der Waals surface area contributed by atoms with E-state index < -0.39 is 0 Å². The standard InChI is InChI=1S/C15H14N4O2S/c20-13(18-8-11-3-1-5-16-7-11)9-19-12-4-2-6-17-15(12)22-10-14(19)21/h1-7H,8-10H2,(H,18,20). The first-order chi connectivity index (χ1) is 10.7. The second-order valence-electron chi connectivity index (χ2n) is 4.73. The van der Waals surface area contributed by atoms with Gasteiger partial charge in [0, 0.05) is 25.1 Å². The van der Waals surface area contributed by atoms with Crippen LogP contribution in [0.5, 0.6) is 0 Å². The molecule has 112 valence electrons. The number of carbonyl (C=O) groups excluding carboxylic acids is 2. The Kier molecular flexibility index (Phi) is 4.34. The summed E-state index contributed by atoms with van der Waals surface area (Å²) in [5.74, 6) is 0.0147. The van der Waals surface area contributed by atoms with Crippen molar-refractivity contribution in [2.45, 2.75) is 11.6 Å². The summed E-state index contributed by atoms with van der Waals surface area (Å²) in [7, 11) is 0. The Labute approximate surface area is 132 Å². The van der Waals surface area contributed by atoms with Gasteiger partial charge < -0.3 is 5.32 Å². The number of pyridine rings is 2. The molecule has 0 spiro atoms. The summed E-state index contributed by atoms with van der Waals surface area (Å²) < 4.78 is 0. The van der Waals surface area contributed by atoms with Gasteiger partial charge >= 0.3 is 0 Å². The maximum atomic E-state index is 12.1. The lowest BCUT2D eigenvalue weighted by Crippen LogP contribution is -2.43. The van der Waals surface area contributed by atoms with E-state index in [2.05, 4.69) is 15.3 Å². The van der Waals surface area contributed by atoms with Crippen LogP contribution in [0.3, 0.4) is 0 Å². The molecule has 0 fully saturated rings. The highest BCUT2D eigenvalue weighted by Crippen LogP contribution is 2.32. The summed E-state index contributed by atoms with van der Waals surface area (Å²) >= 11 is 1.40. The van der Waals surface area contributed by atoms with Crippen molar-refractivity contribution in [3.63, 3.8) is 0 Å². The lowest BCUT2D eigenvalue weighted by Gasteiger charge is -2.27. The minimum absolute atomic E-state index is 0.00164. The van der Waals surface area contributed by atoms with E-state index in [-0.39, 0.29) is 18.4 Å². The highest BCUT2D eigenvalue weighted by atomic mass is 32.2. The summed E-state index contributed by atoms with van der Waals surface area (Å²) in [4.78, 5) is 33.9. The number of thioether (sulfide) groups is 1. The Morgan fingerprint density at radius 3 is 3.00 bits per heavy atom. The van der Waals surface area contributed by atoms with Crippen molar-refractivity contribution in [1.82, 2.24) is 15.3 Å². The molecule has 22 heavy (non-hydrogen) atoms. The van der Waals surface area contributed by atoms with E-state index in [1.165, 1.54) is 16.7 Å². The number of carbonyl (C=O) groups is 2. The lowest BCUT2D eigenvalue weighted by atomic mass is 10.3. The van der Waals surface area contributed by atoms with Crippen LogP contribution < -0.4 is 10.2 Å². The topological polar surface area (TPSA) is 75.2 Å². The van der Waals surface area contributed by atoms with E-state index in [9.17, 15) is 9.59 Å². The molecule has 0 atom stereocenters. The second kappa shape index (κ2) is 6.57. The van der Waals surface area contributed by atoms with Gasteiger partial charge in [0.15, 0.2) is 0 Å². The molecule has 0 aromatic carbocycles. The highest BCUT2D eigenvalue weighted by Gasteiger charge is 2.26. The van der Waals surface area contributed by atoms with Gasteiger partial charge in [-0.2, -0.15) is 0 Å². The summed E-state index contributed by atoms with van der Waals surface area (Å²) in [5, 5.41) is 3.58. The molecular formula is C15H14N4O2S. The van der Waals surface area contributed by atoms with Crippen LogP contribution in [0.2, 0.25) is 0 Å². The molecule has 0 bridgehead atoms. The smallest absolute Gasteiger partial charge is 0.240 e. The second-order valence-corrected chi connectivity index (χ2v) is 5.70. The van der Waals surface area contributed by atoms with E-state index in [4.69, 9.17) is 0 Å². The van der Waals surface area contributed by atoms with Crippen LogP contribution in [0.4, 0.5) is 5.69 Å². The minimum atomic E-state index is -0.209. The number of aromatic nitrogens is 2. The van der Waals surface area contributed by atoms with Gasteiger partial charge in [-0.15, -0.1) is 0 Å². The largest absolute Gasteiger partial charge is 0.350 e. The third-order valence-corrected chi connectivity index (χ3v) is 4.17. The summed E-state index contributed by atoms with van der Waals surface area (Å²) in [5.41, 5.74) is 1.61. The molecule has 0 radical (unpaired) electrons. The predicted octanol–water partition coefficient (Wildman–Crippen LogP) is 1.23. The van der Waals surface area contributed by atoms with Crippen molar-refractivity contribution >= 4 is 29.3 Å². The molecule has 2 aromatic heterocycles. The molecule has 7 heteroatoms. The van der Waals surface area contributed by atoms with Gasteiger partial charge in [0.05, 0.1) is 11.4 Å². The van der Waals surface area contributed by atoms with Gasteiger partial charge in [-0.25, -0.2) is 4.98 Å². The molecular weight excluding hydrogens is 300 g/mol. The lowest BCUT2D eigenvalue weighted by molar-refractivity contribution is -0.123. The van der Waals surface area contributed by atoms with Crippen molar-refractivity contribution in [3.05, 3.63) is 48.4 Å². The van der Waals surface area contributed by atoms with Crippen LogP contribution >= 0.6 is 11.8 Å². The SMILES string of the molecule is O=C(CN1C(=O)CSc2ncccc21)NCc1cccnc1. The number of anilines is 1. The molecule has 1 aliphatic heterocycles. The minimum Gasteiger partial charge on any atom is -0.350 e. The zero-order valence-electron chi connectivity index (χ0n) is 11.7. The first kappa shape index (κ1) is 14.5. The monoisotopic (exact) mass is 314 g/mol. The molecule has 2 amide bonds. The number of amides is 2. The van der Waals surface area contributed by atoms with Crippen LogP contribution in [0.15, 0.2) is 47.9 Å². The fourth-order valence-corrected chi connectivity index (χ4v) is 3.00. The average molecular weight is 314 g/mol. The van der Waals surface area contributed by atoms with Crippen LogP contribution in [-0.2, 0) is 16.1 Å². The van der Waals surface area contributed by atoms with Crippen molar-refractivity contribution < 1.29 is 9.59 Å². The zero-order valence-corrected chi connectivity index (χ0v) is 12.5. The first-order valence-electron chi connectivity index (χ1n) is 6.78. The Hall–Kier alpha value is -2.41. The average Bonchev–Trinajstić information content (AvgIpc) is 2.56. The Bertz CT molecular complexity index is 693. The third kappa shape index (κ3) is 3.25. The summed E-state index contributed by atoms with van der Waals surface area (Å²) in [6.07, 6.45) is 5.06. The van der Waals surface area contributed by atoms with Gasteiger partial charge in [-0.3, -0.25) is 19.5 Å². The van der Waals surface area contributed by atoms with Crippen LogP contribution in [0, 0.1) is 0 Å². The van der Waals surface area contributed by atoms with Crippen molar-refractivity contribution in [1.29, 1.82) is 0 Å². The first-order valence-corrected chi connectivity index (χ1v) is 7.76. The molecule has 0 saturated heterocycles. The number of hydrogen-bond donors (Lipinski definition) is 1. The van der Waals surface area contributed by atoms with E-state index in [0.29, 0.717) is 18.0 Å². The Morgan fingerprint density at radius 2 is 2.18 bits per heavy atom. The molecule has 3 heterocycles. The number of nitrogens with zero attached hydrogens (tertiary/aromatic N) is 3. The summed E-state index contributed by atoms with van der Waals surface area (Å²) in [6, 6.07) is 7.27. The van der Waals surface area contributed by atoms with Crippen molar-refractivity contribution in [2.24, 2.45) is 0 Å². The Balaban J connectivity index is 1.65. The predicted molar refractivity (Wildman–Crippen MR) is 83.4 cm³/mol. The molecule has 2 aromatic rings. The van der Waals surface area contributed by atoms with Gasteiger partial charge in [0.1, 0.15) is 11.6 Å². The normalized spacial score (nSPS) is 13.6. The molecule has 1 N–H and O–H groups in total. The van der Waals surface area contributed by atoms with Crippen LogP contribution in [-0.4, -0.2) is 34.1 Å². The van der Waals surface area contributed by atoms with Crippen LogP contribution in [0.25, 0.3) is 0 Å². The Morgan fingerprint density at radius 1 is 1.32 bits per heavy atom. The maximum Gasteiger partial charge on any atom is 0.240 e. The summed E-state index contributed by atoms with van der Waals surface area (Å²) in [6.45, 7) is 0.391. The zero-order chi connectivity index (χ0) is 15.4. The van der Waals surface area contributed by atoms with E-state index in [0.717, 1.165) is 10.6 Å². The maximum absolute atomic E-state index is 12.1. The number of fused-ring (bicyclic) bond motifs is 1. The molecule has 6 nitrogen and oxygen atoms in total. The van der Waals surface area contributed by atoms with Crippen molar-refractivity contribution in [3.8, 4) is 0 Å². The number of rotatable bonds is 4. The number of nitrogens with one attached hydrogen (secondary N) is 1. The molecule has 1 aliphatic rings. The van der Waals surface area contributed by atoms with Crippen LogP contribution in [0.1, 0.15) is 5.56 Å². The molecule has 0 unspecified atom stereocenters. The van der Waals surface area contributed by atoms with Gasteiger partial charge in [-0.1, -0.05) is 17.8 Å². The fourth-order valence-electron chi connectivity index (χ4n) is 2.12. The van der Waals surface area contributed by atoms with Gasteiger partial charge in [-0.05, 0) is 23.8 Å². The highest BCUT2D eigenvalue weighted by molar-refractivity contribution is 8.00. The van der Waals surface area contributed by atoms with E-state index >= 15 is 0 Å². The van der Waals surface area contributed by atoms with Crippen molar-refractivity contribution in [2.75, 3.05) is 17.2 Å². The third-order valence-electron chi connectivity index (χ3n) is 3.19. The molecule has 0 aliphatic carbocycles.